The van der Waals surface area contributed by atoms with Crippen LogP contribution in [0.2, 0.25) is 0 Å². The molecular weight excluding hydrogens is 268 g/mol. The van der Waals surface area contributed by atoms with E-state index >= 15 is 0 Å². The van der Waals surface area contributed by atoms with E-state index in [0.717, 1.165) is 0 Å². The second kappa shape index (κ2) is 6.44. The number of sulfone groups is 1. The van der Waals surface area contributed by atoms with Crippen LogP contribution in [0.5, 0.6) is 0 Å². The predicted molar refractivity (Wildman–Crippen MR) is 71.0 cm³/mol. The number of nitriles is 2. The van der Waals surface area contributed by atoms with E-state index in [1.165, 1.54) is 18.2 Å². The van der Waals surface area contributed by atoms with Crippen molar-refractivity contribution in [3.05, 3.63) is 29.3 Å². The van der Waals surface area contributed by atoms with Crippen LogP contribution in [-0.2, 0) is 9.84 Å². The van der Waals surface area contributed by atoms with Gasteiger partial charge in [-0.3, -0.25) is 0 Å². The standard InChI is InChI=1S/C12H12N2O2S2/c13-8-10-4-3-5-12(11(10)9-14)18(15,16)7-2-1-6-17/h3-5,17H,1-2,6-7H2. The number of nitrogens with zero attached hydrogens (tertiary/aromatic N) is 2. The van der Waals surface area contributed by atoms with E-state index in [0.29, 0.717) is 18.6 Å². The number of benzene rings is 1. The van der Waals surface area contributed by atoms with Gasteiger partial charge in [-0.1, -0.05) is 6.07 Å². The highest BCUT2D eigenvalue weighted by atomic mass is 32.2. The fourth-order valence-corrected chi connectivity index (χ4v) is 3.29. The Hall–Kier alpha value is -1.50. The maximum atomic E-state index is 12.1. The smallest absolute Gasteiger partial charge is 0.179 e. The molecule has 1 aromatic rings. The summed E-state index contributed by atoms with van der Waals surface area (Å²) in [7, 11) is -3.52. The van der Waals surface area contributed by atoms with Gasteiger partial charge in [-0.25, -0.2) is 8.42 Å². The van der Waals surface area contributed by atoms with Gasteiger partial charge in [0.25, 0.3) is 0 Å². The van der Waals surface area contributed by atoms with Crippen LogP contribution < -0.4 is 0 Å². The Morgan fingerprint density at radius 2 is 1.89 bits per heavy atom. The Morgan fingerprint density at radius 3 is 2.44 bits per heavy atom. The van der Waals surface area contributed by atoms with Crippen LogP contribution in [-0.4, -0.2) is 19.9 Å². The fourth-order valence-electron chi connectivity index (χ4n) is 1.51. The Kier molecular flexibility index (Phi) is 5.21. The van der Waals surface area contributed by atoms with Crippen LogP contribution in [0.25, 0.3) is 0 Å². The highest BCUT2D eigenvalue weighted by Gasteiger charge is 2.20. The molecule has 0 atom stereocenters. The van der Waals surface area contributed by atoms with E-state index in [4.69, 9.17) is 10.5 Å². The molecule has 0 N–H and O–H groups in total. The Balaban J connectivity index is 3.18. The minimum Gasteiger partial charge on any atom is -0.224 e. The molecule has 94 valence electrons. The number of rotatable bonds is 5. The summed E-state index contributed by atoms with van der Waals surface area (Å²) in [5.41, 5.74) is 0.0265. The molecule has 0 amide bonds. The van der Waals surface area contributed by atoms with Gasteiger partial charge in [0.1, 0.15) is 12.1 Å². The van der Waals surface area contributed by atoms with Crippen molar-refractivity contribution >= 4 is 22.5 Å². The van der Waals surface area contributed by atoms with Crippen molar-refractivity contribution in [2.75, 3.05) is 11.5 Å². The lowest BCUT2D eigenvalue weighted by atomic mass is 10.1. The second-order valence-corrected chi connectivity index (χ2v) is 6.18. The zero-order valence-electron chi connectivity index (χ0n) is 9.63. The molecule has 0 fully saturated rings. The summed E-state index contributed by atoms with van der Waals surface area (Å²) in [6.07, 6.45) is 1.19. The summed E-state index contributed by atoms with van der Waals surface area (Å²) in [4.78, 5) is -0.0526. The summed E-state index contributed by atoms with van der Waals surface area (Å²) in [6, 6.07) is 7.91. The molecule has 0 bridgehead atoms. The highest BCUT2D eigenvalue weighted by molar-refractivity contribution is 7.91. The first kappa shape index (κ1) is 14.6. The van der Waals surface area contributed by atoms with Crippen LogP contribution in [0.3, 0.4) is 0 Å². The molecule has 4 nitrogen and oxygen atoms in total. The molecular formula is C12H12N2O2S2. The molecule has 0 aliphatic heterocycles. The molecule has 18 heavy (non-hydrogen) atoms. The minimum absolute atomic E-state index is 0.0306. The molecule has 0 unspecified atom stereocenters. The minimum atomic E-state index is -3.52. The van der Waals surface area contributed by atoms with Gasteiger partial charge in [-0.05, 0) is 30.7 Å². The average Bonchev–Trinajstić information content (AvgIpc) is 2.37. The van der Waals surface area contributed by atoms with Gasteiger partial charge >= 0.3 is 0 Å². The van der Waals surface area contributed by atoms with Gasteiger partial charge in [-0.2, -0.15) is 23.2 Å². The summed E-state index contributed by atoms with van der Waals surface area (Å²) >= 11 is 4.02. The molecule has 6 heteroatoms. The van der Waals surface area contributed by atoms with Crippen molar-refractivity contribution in [3.63, 3.8) is 0 Å². The van der Waals surface area contributed by atoms with Crippen molar-refractivity contribution in [2.24, 2.45) is 0 Å². The lowest BCUT2D eigenvalue weighted by Crippen LogP contribution is -2.09. The molecule has 0 heterocycles. The van der Waals surface area contributed by atoms with Crippen molar-refractivity contribution < 1.29 is 8.42 Å². The van der Waals surface area contributed by atoms with E-state index in [-0.39, 0.29) is 21.8 Å². The lowest BCUT2D eigenvalue weighted by molar-refractivity contribution is 0.592. The maximum absolute atomic E-state index is 12.1. The topological polar surface area (TPSA) is 81.7 Å². The van der Waals surface area contributed by atoms with Gasteiger partial charge in [0.05, 0.1) is 21.8 Å². The first-order chi connectivity index (χ1) is 8.56. The first-order valence-corrected chi connectivity index (χ1v) is 7.62. The quantitative estimate of drug-likeness (QED) is 0.660. The zero-order valence-corrected chi connectivity index (χ0v) is 11.3. The van der Waals surface area contributed by atoms with Crippen LogP contribution >= 0.6 is 12.6 Å². The summed E-state index contributed by atoms with van der Waals surface area (Å²) < 4.78 is 24.1. The van der Waals surface area contributed by atoms with Crippen molar-refractivity contribution in [2.45, 2.75) is 17.7 Å². The summed E-state index contributed by atoms with van der Waals surface area (Å²) in [5.74, 6) is 0.593. The van der Waals surface area contributed by atoms with E-state index in [1.54, 1.807) is 6.07 Å². The summed E-state index contributed by atoms with van der Waals surface area (Å²) in [6.45, 7) is 0. The van der Waals surface area contributed by atoms with E-state index in [9.17, 15) is 8.42 Å². The number of hydrogen-bond donors (Lipinski definition) is 1. The molecule has 0 aromatic heterocycles. The van der Waals surface area contributed by atoms with Crippen molar-refractivity contribution in [1.82, 2.24) is 0 Å². The number of thiol groups is 1. The predicted octanol–water partition coefficient (Wildman–Crippen LogP) is 1.91. The van der Waals surface area contributed by atoms with E-state index in [1.807, 2.05) is 6.07 Å². The third kappa shape index (κ3) is 3.25. The third-order valence-corrected chi connectivity index (χ3v) is 4.57. The van der Waals surface area contributed by atoms with Crippen LogP contribution in [0.1, 0.15) is 24.0 Å². The largest absolute Gasteiger partial charge is 0.224 e. The Bertz CT molecular complexity index is 610. The maximum Gasteiger partial charge on any atom is 0.179 e. The zero-order chi connectivity index (χ0) is 13.6. The molecule has 0 radical (unpaired) electrons. The van der Waals surface area contributed by atoms with Gasteiger partial charge in [-0.15, -0.1) is 0 Å². The lowest BCUT2D eigenvalue weighted by Gasteiger charge is -2.06. The van der Waals surface area contributed by atoms with Gasteiger partial charge in [0.2, 0.25) is 0 Å². The van der Waals surface area contributed by atoms with Crippen LogP contribution in [0, 0.1) is 22.7 Å². The van der Waals surface area contributed by atoms with E-state index in [2.05, 4.69) is 12.6 Å². The van der Waals surface area contributed by atoms with Crippen LogP contribution in [0.4, 0.5) is 0 Å². The second-order valence-electron chi connectivity index (χ2n) is 3.65. The monoisotopic (exact) mass is 280 g/mol. The molecule has 0 saturated heterocycles. The van der Waals surface area contributed by atoms with Crippen molar-refractivity contribution in [3.8, 4) is 12.1 Å². The van der Waals surface area contributed by atoms with Gasteiger partial charge in [0.15, 0.2) is 9.84 Å². The normalized spacial score (nSPS) is 10.6. The molecule has 1 aromatic carbocycles. The van der Waals surface area contributed by atoms with Gasteiger partial charge < -0.3 is 0 Å². The molecule has 0 spiro atoms. The highest BCUT2D eigenvalue weighted by Crippen LogP contribution is 2.20. The number of hydrogen-bond acceptors (Lipinski definition) is 5. The van der Waals surface area contributed by atoms with Crippen molar-refractivity contribution in [1.29, 1.82) is 10.5 Å². The molecule has 0 aliphatic rings. The van der Waals surface area contributed by atoms with Crippen LogP contribution in [0.15, 0.2) is 23.1 Å². The Morgan fingerprint density at radius 1 is 1.17 bits per heavy atom. The third-order valence-electron chi connectivity index (χ3n) is 2.41. The SMILES string of the molecule is N#Cc1cccc(S(=O)(=O)CCCCS)c1C#N. The molecule has 0 saturated carbocycles. The first-order valence-electron chi connectivity index (χ1n) is 5.33. The molecule has 0 aliphatic carbocycles. The summed E-state index contributed by atoms with van der Waals surface area (Å²) in [5, 5.41) is 17.8. The average molecular weight is 280 g/mol. The fraction of sp³-hybridized carbons (Fsp3) is 0.333. The Labute approximate surface area is 112 Å². The van der Waals surface area contributed by atoms with Gasteiger partial charge in [0, 0.05) is 0 Å². The molecule has 1 rings (SSSR count). The van der Waals surface area contributed by atoms with E-state index < -0.39 is 9.84 Å². The number of unbranched alkanes of at least 4 members (excludes halogenated alkanes) is 1.